The predicted octanol–water partition coefficient (Wildman–Crippen LogP) is 6.38. The van der Waals surface area contributed by atoms with Gasteiger partial charge in [-0.05, 0) is 108 Å². The van der Waals surface area contributed by atoms with Crippen LogP contribution in [0.5, 0.6) is 5.75 Å². The zero-order valence-electron chi connectivity index (χ0n) is 28.4. The van der Waals surface area contributed by atoms with Crippen molar-refractivity contribution in [3.05, 3.63) is 83.2 Å². The van der Waals surface area contributed by atoms with Gasteiger partial charge in [-0.3, -0.25) is 4.79 Å². The number of carbonyl (C=O) groups is 2. The molecule has 2 amide bonds. The highest BCUT2D eigenvalue weighted by molar-refractivity contribution is 6.62. The molecule has 0 unspecified atom stereocenters. The lowest BCUT2D eigenvalue weighted by Gasteiger charge is -2.38. The second kappa shape index (κ2) is 12.0. The Morgan fingerprint density at radius 1 is 0.936 bits per heavy atom. The highest BCUT2D eigenvalue weighted by atomic mass is 19.1. The van der Waals surface area contributed by atoms with Crippen molar-refractivity contribution in [2.45, 2.75) is 90.1 Å². The first-order valence-corrected chi connectivity index (χ1v) is 16.3. The molecular formula is C37H44BFN2O6. The minimum atomic E-state index is -0.826. The number of hydrogen-bond donors (Lipinski definition) is 1. The van der Waals surface area contributed by atoms with E-state index in [0.29, 0.717) is 37.3 Å². The van der Waals surface area contributed by atoms with E-state index in [1.54, 1.807) is 12.1 Å². The molecule has 0 bridgehead atoms. The molecule has 0 aliphatic carbocycles. The Balaban J connectivity index is 1.13. The van der Waals surface area contributed by atoms with Crippen molar-refractivity contribution in [2.24, 2.45) is 0 Å². The number of hydrogen-bond acceptors (Lipinski definition) is 6. The van der Waals surface area contributed by atoms with E-state index >= 15 is 4.39 Å². The van der Waals surface area contributed by atoms with Crippen LogP contribution in [0.25, 0.3) is 11.1 Å². The maximum absolute atomic E-state index is 15.0. The summed E-state index contributed by atoms with van der Waals surface area (Å²) in [7, 11) is -0.826. The predicted molar refractivity (Wildman–Crippen MR) is 179 cm³/mol. The molecule has 47 heavy (non-hydrogen) atoms. The topological polar surface area (TPSA) is 86.3 Å². The van der Waals surface area contributed by atoms with Gasteiger partial charge in [0.2, 0.25) is 0 Å². The summed E-state index contributed by atoms with van der Waals surface area (Å²) in [5, 5.41) is 2.83. The van der Waals surface area contributed by atoms with Crippen LogP contribution >= 0.6 is 0 Å². The number of likely N-dealkylation sites (tertiary alicyclic amines) is 1. The Bertz CT molecular complexity index is 1680. The van der Waals surface area contributed by atoms with Crippen molar-refractivity contribution in [3.8, 4) is 16.9 Å². The Morgan fingerprint density at radius 2 is 1.62 bits per heavy atom. The molecule has 3 aromatic rings. The molecule has 6 rings (SSSR count). The first-order valence-electron chi connectivity index (χ1n) is 16.3. The van der Waals surface area contributed by atoms with Gasteiger partial charge in [0, 0.05) is 41.6 Å². The van der Waals surface area contributed by atoms with E-state index in [1.165, 1.54) is 6.07 Å². The molecule has 8 nitrogen and oxygen atoms in total. The number of halogens is 1. The number of carbonyl (C=O) groups excluding carboxylic acids is 2. The van der Waals surface area contributed by atoms with Gasteiger partial charge in [-0.15, -0.1) is 0 Å². The minimum Gasteiger partial charge on any atom is -0.492 e. The van der Waals surface area contributed by atoms with Gasteiger partial charge in [-0.25, -0.2) is 9.18 Å². The molecule has 0 aromatic heterocycles. The Labute approximate surface area is 277 Å². The summed E-state index contributed by atoms with van der Waals surface area (Å²) >= 11 is 0. The second-order valence-electron chi connectivity index (χ2n) is 15.0. The van der Waals surface area contributed by atoms with E-state index in [1.807, 2.05) is 89.8 Å². The fourth-order valence-electron chi connectivity index (χ4n) is 6.45. The number of alkyl carbamates (subject to hydrolysis) is 1. The van der Waals surface area contributed by atoms with Gasteiger partial charge >= 0.3 is 13.2 Å². The molecule has 3 aliphatic heterocycles. The van der Waals surface area contributed by atoms with Crippen LogP contribution < -0.4 is 15.5 Å². The van der Waals surface area contributed by atoms with Crippen molar-refractivity contribution in [3.63, 3.8) is 0 Å². The van der Waals surface area contributed by atoms with E-state index < -0.39 is 35.8 Å². The summed E-state index contributed by atoms with van der Waals surface area (Å²) in [5.74, 6) is 0.424. The number of nitrogens with one attached hydrogen (secondary N) is 1. The molecule has 3 heterocycles. The quantitative estimate of drug-likeness (QED) is 0.325. The number of rotatable bonds is 5. The van der Waals surface area contributed by atoms with Crippen molar-refractivity contribution < 1.29 is 32.8 Å². The van der Waals surface area contributed by atoms with E-state index in [0.717, 1.165) is 40.8 Å². The van der Waals surface area contributed by atoms with Gasteiger partial charge in [-0.2, -0.15) is 0 Å². The van der Waals surface area contributed by atoms with Crippen LogP contribution in [-0.4, -0.2) is 60.5 Å². The molecule has 1 N–H and O–H groups in total. The summed E-state index contributed by atoms with van der Waals surface area (Å²) in [6.45, 7) is 15.4. The highest BCUT2D eigenvalue weighted by Gasteiger charge is 2.52. The van der Waals surface area contributed by atoms with Crippen LogP contribution in [0.15, 0.2) is 60.7 Å². The molecule has 0 atom stereocenters. The Kier molecular flexibility index (Phi) is 8.41. The second-order valence-corrected chi connectivity index (χ2v) is 15.0. The van der Waals surface area contributed by atoms with E-state index in [-0.39, 0.29) is 11.3 Å². The molecule has 1 spiro atoms. The summed E-state index contributed by atoms with van der Waals surface area (Å²) in [6, 6.07) is 18.4. The molecule has 248 valence electrons. The highest BCUT2D eigenvalue weighted by Crippen LogP contribution is 2.46. The summed E-state index contributed by atoms with van der Waals surface area (Å²) in [6.07, 6.45) is 1.08. The van der Waals surface area contributed by atoms with E-state index in [9.17, 15) is 9.59 Å². The van der Waals surface area contributed by atoms with Gasteiger partial charge in [0.25, 0.3) is 5.91 Å². The summed E-state index contributed by atoms with van der Waals surface area (Å²) in [4.78, 5) is 27.8. The monoisotopic (exact) mass is 642 g/mol. The molecule has 0 saturated carbocycles. The van der Waals surface area contributed by atoms with Crippen LogP contribution in [0.4, 0.5) is 9.18 Å². The van der Waals surface area contributed by atoms with Gasteiger partial charge < -0.3 is 29.0 Å². The van der Waals surface area contributed by atoms with Gasteiger partial charge in [-0.1, -0.05) is 30.3 Å². The maximum Gasteiger partial charge on any atom is 0.497 e. The maximum atomic E-state index is 15.0. The summed E-state index contributed by atoms with van der Waals surface area (Å²) < 4.78 is 38.7. The van der Waals surface area contributed by atoms with Gasteiger partial charge in [0.05, 0.1) is 17.8 Å². The zero-order valence-corrected chi connectivity index (χ0v) is 28.4. The van der Waals surface area contributed by atoms with Gasteiger partial charge in [0.1, 0.15) is 17.2 Å². The van der Waals surface area contributed by atoms with Crippen molar-refractivity contribution in [2.75, 3.05) is 19.7 Å². The third-order valence-corrected chi connectivity index (χ3v) is 9.91. The number of ether oxygens (including phenoxy) is 2. The number of fused-ring (bicyclic) bond motifs is 2. The van der Waals surface area contributed by atoms with Crippen LogP contribution in [0.2, 0.25) is 0 Å². The van der Waals surface area contributed by atoms with Crippen molar-refractivity contribution in [1.82, 2.24) is 10.2 Å². The molecule has 3 aromatic carbocycles. The Hall–Kier alpha value is -3.89. The standard InChI is InChI=1S/C37H44BFN2O6/c1-34(2,3)45-33(43)40-22-24-11-14-31-28(19-24)37(23-44-31)15-17-41(18-16-37)32(42)27-10-8-9-25(20-27)26-12-13-30(39)29(21-26)38-46-35(4,5)36(6,7)47-38/h8-14,19-21H,15-18,22-23H2,1-7H3,(H,40,43). The first-order chi connectivity index (χ1) is 22.1. The Morgan fingerprint density at radius 3 is 2.30 bits per heavy atom. The lowest BCUT2D eigenvalue weighted by atomic mass is 9.74. The zero-order chi connectivity index (χ0) is 33.8. The average molecular weight is 643 g/mol. The largest absolute Gasteiger partial charge is 0.497 e. The number of amides is 2. The first kappa shape index (κ1) is 33.0. The SMILES string of the molecule is CC(C)(C)OC(=O)NCc1ccc2c(c1)C1(CCN(C(=O)c3cccc(-c4ccc(F)c(B5OC(C)(C)C(C)(C)O5)c4)c3)CC1)CO2. The molecule has 2 saturated heterocycles. The fourth-order valence-corrected chi connectivity index (χ4v) is 6.45. The smallest absolute Gasteiger partial charge is 0.492 e. The van der Waals surface area contributed by atoms with Crippen LogP contribution in [-0.2, 0) is 26.0 Å². The normalized spacial score (nSPS) is 19.3. The van der Waals surface area contributed by atoms with Crippen LogP contribution in [0.3, 0.4) is 0 Å². The van der Waals surface area contributed by atoms with E-state index in [2.05, 4.69) is 11.4 Å². The third-order valence-electron chi connectivity index (χ3n) is 9.91. The average Bonchev–Trinajstić information content (AvgIpc) is 3.46. The van der Waals surface area contributed by atoms with Crippen molar-refractivity contribution in [1.29, 1.82) is 0 Å². The van der Waals surface area contributed by atoms with Crippen molar-refractivity contribution >= 4 is 24.6 Å². The lowest BCUT2D eigenvalue weighted by molar-refractivity contribution is 0.00578. The number of nitrogens with zero attached hydrogens (tertiary/aromatic N) is 1. The molecule has 2 fully saturated rings. The van der Waals surface area contributed by atoms with Crippen LogP contribution in [0, 0.1) is 5.82 Å². The number of benzene rings is 3. The molecule has 3 aliphatic rings. The molecule has 0 radical (unpaired) electrons. The lowest BCUT2D eigenvalue weighted by Crippen LogP contribution is -2.46. The molecule has 10 heteroatoms. The summed E-state index contributed by atoms with van der Waals surface area (Å²) in [5.41, 5.74) is 2.68. The van der Waals surface area contributed by atoms with Crippen LogP contribution in [0.1, 0.15) is 82.8 Å². The fraction of sp³-hybridized carbons (Fsp3) is 0.459. The van der Waals surface area contributed by atoms with Gasteiger partial charge in [0.15, 0.2) is 0 Å². The van der Waals surface area contributed by atoms with E-state index in [4.69, 9.17) is 18.8 Å². The number of piperidine rings is 1. The third kappa shape index (κ3) is 6.63. The molecular weight excluding hydrogens is 598 g/mol. The minimum absolute atomic E-state index is 0.0376.